The number of esters is 2. The molecule has 0 saturated heterocycles. The maximum Gasteiger partial charge on any atom is 0.339 e. The third-order valence-electron chi connectivity index (χ3n) is 3.66. The lowest BCUT2D eigenvalue weighted by Gasteiger charge is -2.22. The fraction of sp³-hybridized carbons (Fsp3) is 0.619. The number of unbranched alkanes of at least 4 members (excludes halogenated alkanes) is 3. The number of ether oxygens (including phenoxy) is 3. The van der Waals surface area contributed by atoms with E-state index in [1.807, 2.05) is 20.8 Å². The highest BCUT2D eigenvalue weighted by Crippen LogP contribution is 2.15. The average Bonchev–Trinajstić information content (AvgIpc) is 2.59. The van der Waals surface area contributed by atoms with Crippen molar-refractivity contribution in [1.29, 1.82) is 0 Å². The topological polar surface area (TPSA) is 61.8 Å². The van der Waals surface area contributed by atoms with Crippen molar-refractivity contribution in [3.8, 4) is 0 Å². The molecule has 1 aromatic rings. The van der Waals surface area contributed by atoms with Crippen molar-refractivity contribution in [2.45, 2.75) is 72.0 Å². The van der Waals surface area contributed by atoms with Crippen molar-refractivity contribution >= 4 is 11.9 Å². The zero-order valence-electron chi connectivity index (χ0n) is 16.7. The smallest absolute Gasteiger partial charge is 0.339 e. The van der Waals surface area contributed by atoms with Crippen LogP contribution in [-0.4, -0.2) is 36.9 Å². The summed E-state index contributed by atoms with van der Waals surface area (Å²) >= 11 is 0. The molecular weight excluding hydrogens is 332 g/mol. The van der Waals surface area contributed by atoms with Gasteiger partial charge in [-0.05, 0) is 46.2 Å². The van der Waals surface area contributed by atoms with Gasteiger partial charge in [0.15, 0.2) is 0 Å². The zero-order chi connectivity index (χ0) is 19.6. The van der Waals surface area contributed by atoms with Gasteiger partial charge in [0.2, 0.25) is 0 Å². The Hall–Kier alpha value is -1.88. The molecule has 0 aliphatic carbocycles. The lowest BCUT2D eigenvalue weighted by Crippen LogP contribution is -2.28. The second-order valence-electron chi connectivity index (χ2n) is 7.38. The van der Waals surface area contributed by atoms with Crippen LogP contribution in [0.25, 0.3) is 0 Å². The summed E-state index contributed by atoms with van der Waals surface area (Å²) in [5.41, 5.74) is 0.144. The van der Waals surface area contributed by atoms with Gasteiger partial charge in [-0.1, -0.05) is 38.3 Å². The Bertz CT molecular complexity index is 574. The Morgan fingerprint density at radius 2 is 1.62 bits per heavy atom. The maximum absolute atomic E-state index is 12.4. The third-order valence-corrected chi connectivity index (χ3v) is 3.66. The van der Waals surface area contributed by atoms with Gasteiger partial charge < -0.3 is 14.2 Å². The molecule has 26 heavy (non-hydrogen) atoms. The first kappa shape index (κ1) is 22.2. The van der Waals surface area contributed by atoms with E-state index in [2.05, 4.69) is 6.92 Å². The van der Waals surface area contributed by atoms with Gasteiger partial charge in [0.25, 0.3) is 0 Å². The van der Waals surface area contributed by atoms with E-state index in [0.29, 0.717) is 13.2 Å². The van der Waals surface area contributed by atoms with Crippen LogP contribution in [0.3, 0.4) is 0 Å². The van der Waals surface area contributed by atoms with E-state index in [0.717, 1.165) is 25.7 Å². The Balaban J connectivity index is 2.63. The largest absolute Gasteiger partial charge is 0.462 e. The van der Waals surface area contributed by atoms with E-state index < -0.39 is 18.0 Å². The first-order chi connectivity index (χ1) is 12.2. The standard InChI is InChI=1S/C21H32O5/c1-6-7-8-11-14-24-19(22)17-12-9-10-13-18(17)20(23)26-16(2)15-25-21(3,4)5/h9-10,12-13,16H,6-8,11,14-15H2,1-5H3. The molecule has 0 aromatic heterocycles. The van der Waals surface area contributed by atoms with Gasteiger partial charge in [0.1, 0.15) is 6.10 Å². The number of rotatable bonds is 10. The predicted octanol–water partition coefficient (Wildman–Crippen LogP) is 4.78. The van der Waals surface area contributed by atoms with Crippen LogP contribution < -0.4 is 0 Å². The number of carbonyl (C=O) groups excluding carboxylic acids is 2. The van der Waals surface area contributed by atoms with Crippen molar-refractivity contribution in [2.75, 3.05) is 13.2 Å². The summed E-state index contributed by atoms with van der Waals surface area (Å²) in [5, 5.41) is 0. The second-order valence-corrected chi connectivity index (χ2v) is 7.38. The van der Waals surface area contributed by atoms with Gasteiger partial charge in [-0.2, -0.15) is 0 Å². The molecule has 0 radical (unpaired) electrons. The maximum atomic E-state index is 12.4. The molecule has 0 amide bonds. The van der Waals surface area contributed by atoms with Gasteiger partial charge in [-0.15, -0.1) is 0 Å². The fourth-order valence-corrected chi connectivity index (χ4v) is 2.26. The quantitative estimate of drug-likeness (QED) is 0.441. The molecule has 0 fully saturated rings. The summed E-state index contributed by atoms with van der Waals surface area (Å²) in [6.07, 6.45) is 3.68. The normalized spacial score (nSPS) is 12.5. The van der Waals surface area contributed by atoms with Crippen LogP contribution >= 0.6 is 0 Å². The van der Waals surface area contributed by atoms with Crippen molar-refractivity contribution in [1.82, 2.24) is 0 Å². The molecule has 0 saturated carbocycles. The van der Waals surface area contributed by atoms with Crippen LogP contribution in [0.2, 0.25) is 0 Å². The summed E-state index contributed by atoms with van der Waals surface area (Å²) in [5.74, 6) is -1.04. The molecule has 0 aliphatic heterocycles. The molecule has 0 bridgehead atoms. The van der Waals surface area contributed by atoms with Crippen LogP contribution in [0.4, 0.5) is 0 Å². The third kappa shape index (κ3) is 8.48. The number of carbonyl (C=O) groups is 2. The van der Waals surface area contributed by atoms with E-state index in [-0.39, 0.29) is 16.7 Å². The summed E-state index contributed by atoms with van der Waals surface area (Å²) in [7, 11) is 0. The van der Waals surface area contributed by atoms with E-state index >= 15 is 0 Å². The van der Waals surface area contributed by atoms with E-state index in [1.165, 1.54) is 0 Å². The molecule has 1 atom stereocenters. The minimum absolute atomic E-state index is 0.216. The SMILES string of the molecule is CCCCCCOC(=O)c1ccccc1C(=O)OC(C)COC(C)(C)C. The first-order valence-corrected chi connectivity index (χ1v) is 9.35. The molecule has 1 unspecified atom stereocenters. The predicted molar refractivity (Wildman–Crippen MR) is 101 cm³/mol. The highest BCUT2D eigenvalue weighted by atomic mass is 16.6. The summed E-state index contributed by atoms with van der Waals surface area (Å²) in [4.78, 5) is 24.7. The van der Waals surface area contributed by atoms with E-state index in [9.17, 15) is 9.59 Å². The van der Waals surface area contributed by atoms with Crippen LogP contribution in [0.5, 0.6) is 0 Å². The average molecular weight is 364 g/mol. The van der Waals surface area contributed by atoms with Crippen molar-refractivity contribution < 1.29 is 23.8 Å². The van der Waals surface area contributed by atoms with Gasteiger partial charge in [-0.25, -0.2) is 9.59 Å². The number of benzene rings is 1. The second kappa shape index (κ2) is 11.0. The van der Waals surface area contributed by atoms with Gasteiger partial charge >= 0.3 is 11.9 Å². The monoisotopic (exact) mass is 364 g/mol. The van der Waals surface area contributed by atoms with Crippen LogP contribution in [0.1, 0.15) is 81.0 Å². The molecule has 1 rings (SSSR count). The van der Waals surface area contributed by atoms with Gasteiger partial charge in [0, 0.05) is 0 Å². The van der Waals surface area contributed by atoms with Crippen molar-refractivity contribution in [3.05, 3.63) is 35.4 Å². The Morgan fingerprint density at radius 1 is 1.00 bits per heavy atom. The van der Waals surface area contributed by atoms with Gasteiger partial charge in [0.05, 0.1) is 29.9 Å². The van der Waals surface area contributed by atoms with Crippen molar-refractivity contribution in [2.24, 2.45) is 0 Å². The summed E-state index contributed by atoms with van der Waals surface area (Å²) in [6.45, 7) is 10.4. The number of hydrogen-bond acceptors (Lipinski definition) is 5. The number of hydrogen-bond donors (Lipinski definition) is 0. The van der Waals surface area contributed by atoms with Crippen LogP contribution in [-0.2, 0) is 14.2 Å². The Labute approximate surface area is 157 Å². The summed E-state index contributed by atoms with van der Waals surface area (Å²) in [6, 6.07) is 6.57. The Kier molecular flexibility index (Phi) is 9.35. The molecule has 0 N–H and O–H groups in total. The van der Waals surface area contributed by atoms with Crippen LogP contribution in [0.15, 0.2) is 24.3 Å². The summed E-state index contributed by atoms with van der Waals surface area (Å²) < 4.78 is 16.3. The minimum atomic E-state index is -0.548. The lowest BCUT2D eigenvalue weighted by molar-refractivity contribution is -0.0531. The molecule has 1 aromatic carbocycles. The zero-order valence-corrected chi connectivity index (χ0v) is 16.7. The van der Waals surface area contributed by atoms with Crippen LogP contribution in [0, 0.1) is 0 Å². The molecule has 0 heterocycles. The van der Waals surface area contributed by atoms with Crippen molar-refractivity contribution in [3.63, 3.8) is 0 Å². The highest BCUT2D eigenvalue weighted by molar-refractivity contribution is 6.03. The fourth-order valence-electron chi connectivity index (χ4n) is 2.26. The Morgan fingerprint density at radius 3 is 2.19 bits per heavy atom. The van der Waals surface area contributed by atoms with E-state index in [1.54, 1.807) is 31.2 Å². The molecule has 0 spiro atoms. The minimum Gasteiger partial charge on any atom is -0.462 e. The lowest BCUT2D eigenvalue weighted by atomic mass is 10.1. The van der Waals surface area contributed by atoms with Gasteiger partial charge in [-0.3, -0.25) is 0 Å². The highest BCUT2D eigenvalue weighted by Gasteiger charge is 2.21. The van der Waals surface area contributed by atoms with E-state index in [4.69, 9.17) is 14.2 Å². The first-order valence-electron chi connectivity index (χ1n) is 9.35. The molecule has 5 heteroatoms. The molecule has 0 aliphatic rings. The molecule has 146 valence electrons. The molecular formula is C21H32O5. The molecule has 5 nitrogen and oxygen atoms in total.